The molecule has 2 heterocycles. The molecular formula is C21H21N5O4. The first-order valence-electron chi connectivity index (χ1n) is 9.44. The summed E-state index contributed by atoms with van der Waals surface area (Å²) in [5, 5.41) is 19.0. The number of benzene rings is 1. The number of oxime groups is 1. The van der Waals surface area contributed by atoms with Crippen molar-refractivity contribution in [3.63, 3.8) is 0 Å². The maximum atomic E-state index is 12.7. The molecule has 9 heteroatoms. The minimum atomic E-state index is -0.500. The Hall–Kier alpha value is -3.88. The zero-order chi connectivity index (χ0) is 21.3. The number of rotatable bonds is 5. The molecule has 0 saturated heterocycles. The summed E-state index contributed by atoms with van der Waals surface area (Å²) in [4.78, 5) is 30.0. The standard InChI is InChI=1S/C21H21N5O4/c1-26(2)18(27)11-23-21(28)20-19(15-7-8-22-10-17(15)30-20)24-13-4-5-14-12(9-13)3-6-16(14)25-29/h4-5,7-10,24,29H,3,6,11H2,1-2H3,(H,23,28)/b25-16+. The van der Waals surface area contributed by atoms with Gasteiger partial charge in [-0.1, -0.05) is 11.2 Å². The predicted octanol–water partition coefficient (Wildman–Crippen LogP) is 2.51. The van der Waals surface area contributed by atoms with Gasteiger partial charge in [0.25, 0.3) is 5.91 Å². The molecule has 1 aromatic carbocycles. The number of furan rings is 1. The van der Waals surface area contributed by atoms with E-state index in [1.807, 2.05) is 18.2 Å². The van der Waals surface area contributed by atoms with Crippen LogP contribution in [0.5, 0.6) is 0 Å². The number of hydrogen-bond acceptors (Lipinski definition) is 7. The van der Waals surface area contributed by atoms with Crippen LogP contribution in [-0.4, -0.2) is 53.3 Å². The average molecular weight is 407 g/mol. The Balaban J connectivity index is 1.66. The molecule has 0 bridgehead atoms. The number of likely N-dealkylation sites (N-methyl/N-ethyl adjacent to an activating group) is 1. The topological polar surface area (TPSA) is 120 Å². The van der Waals surface area contributed by atoms with E-state index in [0.29, 0.717) is 28.8 Å². The van der Waals surface area contributed by atoms with Crippen molar-refractivity contribution in [2.24, 2.45) is 5.16 Å². The van der Waals surface area contributed by atoms with Gasteiger partial charge >= 0.3 is 0 Å². The monoisotopic (exact) mass is 407 g/mol. The van der Waals surface area contributed by atoms with Gasteiger partial charge in [0, 0.05) is 36.9 Å². The van der Waals surface area contributed by atoms with Crippen molar-refractivity contribution in [1.82, 2.24) is 15.2 Å². The fourth-order valence-electron chi connectivity index (χ4n) is 3.43. The number of fused-ring (bicyclic) bond motifs is 2. The van der Waals surface area contributed by atoms with Gasteiger partial charge in [-0.3, -0.25) is 14.6 Å². The molecule has 154 valence electrons. The van der Waals surface area contributed by atoms with Crippen molar-refractivity contribution < 1.29 is 19.2 Å². The highest BCUT2D eigenvalue weighted by molar-refractivity contribution is 6.08. The van der Waals surface area contributed by atoms with Crippen LogP contribution in [-0.2, 0) is 11.2 Å². The summed E-state index contributed by atoms with van der Waals surface area (Å²) >= 11 is 0. The summed E-state index contributed by atoms with van der Waals surface area (Å²) in [6.07, 6.45) is 4.62. The molecular weight excluding hydrogens is 386 g/mol. The van der Waals surface area contributed by atoms with E-state index < -0.39 is 5.91 Å². The normalized spacial score (nSPS) is 14.0. The molecule has 4 rings (SSSR count). The predicted molar refractivity (Wildman–Crippen MR) is 111 cm³/mol. The van der Waals surface area contributed by atoms with Gasteiger partial charge in [0.15, 0.2) is 5.58 Å². The second-order valence-electron chi connectivity index (χ2n) is 7.19. The number of nitrogens with one attached hydrogen (secondary N) is 2. The van der Waals surface area contributed by atoms with E-state index in [4.69, 9.17) is 9.62 Å². The van der Waals surface area contributed by atoms with Gasteiger partial charge < -0.3 is 25.2 Å². The number of hydrogen-bond donors (Lipinski definition) is 3. The Labute approximate surface area is 172 Å². The third-order valence-corrected chi connectivity index (χ3v) is 5.04. The number of carbonyl (C=O) groups is 2. The second kappa shape index (κ2) is 7.86. The van der Waals surface area contributed by atoms with Gasteiger partial charge in [-0.15, -0.1) is 0 Å². The highest BCUT2D eigenvalue weighted by Gasteiger charge is 2.23. The highest BCUT2D eigenvalue weighted by atomic mass is 16.4. The first-order chi connectivity index (χ1) is 14.5. The van der Waals surface area contributed by atoms with Crippen molar-refractivity contribution in [2.45, 2.75) is 12.8 Å². The van der Waals surface area contributed by atoms with Gasteiger partial charge in [-0.2, -0.15) is 0 Å². The van der Waals surface area contributed by atoms with Crippen LogP contribution in [0.1, 0.15) is 28.1 Å². The van der Waals surface area contributed by atoms with E-state index in [2.05, 4.69) is 20.8 Å². The lowest BCUT2D eigenvalue weighted by Gasteiger charge is -2.11. The number of amides is 2. The van der Waals surface area contributed by atoms with E-state index in [9.17, 15) is 9.59 Å². The summed E-state index contributed by atoms with van der Waals surface area (Å²) in [6, 6.07) is 7.46. The minimum Gasteiger partial charge on any atom is -0.447 e. The maximum absolute atomic E-state index is 12.7. The first kappa shape index (κ1) is 19.4. The lowest BCUT2D eigenvalue weighted by Crippen LogP contribution is -2.36. The smallest absolute Gasteiger partial charge is 0.289 e. The van der Waals surface area contributed by atoms with Gasteiger partial charge in [-0.25, -0.2) is 0 Å². The lowest BCUT2D eigenvalue weighted by molar-refractivity contribution is -0.127. The number of aromatic nitrogens is 1. The molecule has 2 amide bonds. The highest BCUT2D eigenvalue weighted by Crippen LogP contribution is 2.34. The van der Waals surface area contributed by atoms with Gasteiger partial charge in [0.1, 0.15) is 0 Å². The summed E-state index contributed by atoms with van der Waals surface area (Å²) in [6.45, 7) is -0.136. The molecule has 2 aromatic heterocycles. The summed E-state index contributed by atoms with van der Waals surface area (Å²) < 4.78 is 5.74. The molecule has 0 aliphatic heterocycles. The molecule has 0 unspecified atom stereocenters. The molecule has 3 N–H and O–H groups in total. The number of anilines is 2. The summed E-state index contributed by atoms with van der Waals surface area (Å²) in [5.74, 6) is -0.655. The third-order valence-electron chi connectivity index (χ3n) is 5.04. The summed E-state index contributed by atoms with van der Waals surface area (Å²) in [5.41, 5.74) is 4.37. The Bertz CT molecular complexity index is 1170. The van der Waals surface area contributed by atoms with Crippen LogP contribution < -0.4 is 10.6 Å². The fourth-order valence-corrected chi connectivity index (χ4v) is 3.43. The molecule has 1 aliphatic carbocycles. The zero-order valence-corrected chi connectivity index (χ0v) is 16.6. The quantitative estimate of drug-likeness (QED) is 0.442. The van der Waals surface area contributed by atoms with Crippen LogP contribution in [0.25, 0.3) is 11.0 Å². The minimum absolute atomic E-state index is 0.0719. The van der Waals surface area contributed by atoms with Crippen LogP contribution in [0.15, 0.2) is 46.2 Å². The van der Waals surface area contributed by atoms with E-state index in [0.717, 1.165) is 23.2 Å². The third kappa shape index (κ3) is 3.57. The fraction of sp³-hybridized carbons (Fsp3) is 0.238. The number of aryl methyl sites for hydroxylation is 1. The molecule has 1 aliphatic rings. The van der Waals surface area contributed by atoms with Gasteiger partial charge in [0.05, 0.1) is 24.1 Å². The molecule has 0 saturated carbocycles. The Morgan fingerprint density at radius 3 is 2.87 bits per heavy atom. The Morgan fingerprint density at radius 1 is 1.27 bits per heavy atom. The van der Waals surface area contributed by atoms with E-state index in [-0.39, 0.29) is 18.2 Å². The van der Waals surface area contributed by atoms with Crippen LogP contribution in [0, 0.1) is 0 Å². The van der Waals surface area contributed by atoms with Crippen LogP contribution in [0.4, 0.5) is 11.4 Å². The molecule has 0 fully saturated rings. The molecule has 3 aromatic rings. The first-order valence-corrected chi connectivity index (χ1v) is 9.44. The van der Waals surface area contributed by atoms with E-state index in [1.54, 1.807) is 26.4 Å². The second-order valence-corrected chi connectivity index (χ2v) is 7.19. The molecule has 0 atom stereocenters. The average Bonchev–Trinajstić information content (AvgIpc) is 3.32. The van der Waals surface area contributed by atoms with Crippen LogP contribution >= 0.6 is 0 Å². The van der Waals surface area contributed by atoms with Crippen LogP contribution in [0.3, 0.4) is 0 Å². The van der Waals surface area contributed by atoms with Crippen molar-refractivity contribution in [3.05, 3.63) is 53.5 Å². The summed E-state index contributed by atoms with van der Waals surface area (Å²) in [7, 11) is 3.24. The number of nitrogens with zero attached hydrogens (tertiary/aromatic N) is 3. The van der Waals surface area contributed by atoms with Crippen molar-refractivity contribution in [3.8, 4) is 0 Å². The molecule has 30 heavy (non-hydrogen) atoms. The van der Waals surface area contributed by atoms with Crippen molar-refractivity contribution >= 4 is 39.9 Å². The van der Waals surface area contributed by atoms with Crippen molar-refractivity contribution in [1.29, 1.82) is 0 Å². The van der Waals surface area contributed by atoms with Crippen LogP contribution in [0.2, 0.25) is 0 Å². The van der Waals surface area contributed by atoms with Gasteiger partial charge in [-0.05, 0) is 36.6 Å². The molecule has 9 nitrogen and oxygen atoms in total. The van der Waals surface area contributed by atoms with E-state index in [1.165, 1.54) is 11.1 Å². The lowest BCUT2D eigenvalue weighted by atomic mass is 10.1. The number of pyridine rings is 1. The zero-order valence-electron chi connectivity index (χ0n) is 16.6. The Morgan fingerprint density at radius 2 is 2.10 bits per heavy atom. The van der Waals surface area contributed by atoms with Gasteiger partial charge in [0.2, 0.25) is 11.7 Å². The molecule has 0 radical (unpaired) electrons. The SMILES string of the molecule is CN(C)C(=O)CNC(=O)c1oc2cnccc2c1Nc1ccc2c(c1)CC/C2=N\O. The van der Waals surface area contributed by atoms with Crippen molar-refractivity contribution in [2.75, 3.05) is 26.0 Å². The largest absolute Gasteiger partial charge is 0.447 e. The Kier molecular flexibility index (Phi) is 5.09. The maximum Gasteiger partial charge on any atom is 0.289 e. The van der Waals surface area contributed by atoms with E-state index >= 15 is 0 Å². The number of carbonyl (C=O) groups excluding carboxylic acids is 2. The molecule has 0 spiro atoms.